The highest BCUT2D eigenvalue weighted by Crippen LogP contribution is 2.36. The molecule has 1 aromatic rings. The smallest absolute Gasteiger partial charge is 0.328 e. The Morgan fingerprint density at radius 3 is 2.58 bits per heavy atom. The van der Waals surface area contributed by atoms with Crippen LogP contribution in [0.15, 0.2) is 24.3 Å². The Morgan fingerprint density at radius 1 is 1.37 bits per heavy atom. The monoisotopic (exact) mass is 279 g/mol. The van der Waals surface area contributed by atoms with Crippen molar-refractivity contribution in [2.45, 2.75) is 13.8 Å². The van der Waals surface area contributed by atoms with Crippen molar-refractivity contribution in [2.75, 3.05) is 18.0 Å². The second-order valence-corrected chi connectivity index (χ2v) is 5.62. The first-order valence-electron chi connectivity index (χ1n) is 6.43. The number of carboxylic acids is 1. The maximum absolute atomic E-state index is 10.7. The van der Waals surface area contributed by atoms with Gasteiger partial charge in [-0.25, -0.2) is 4.79 Å². The molecule has 3 nitrogen and oxygen atoms in total. The second-order valence-electron chi connectivity index (χ2n) is 5.21. The van der Waals surface area contributed by atoms with Gasteiger partial charge in [0.2, 0.25) is 0 Å². The lowest BCUT2D eigenvalue weighted by Gasteiger charge is -2.22. The van der Waals surface area contributed by atoms with Gasteiger partial charge in [0, 0.05) is 19.2 Å². The van der Waals surface area contributed by atoms with E-state index in [1.54, 1.807) is 6.08 Å². The standard InChI is InChI=1S/C15H18ClNO2/c1-10-8-17(9-11(10)2)15-12(6-7-14(18)19)4-3-5-13(15)16/h3-7,10-11H,8-9H2,1-2H3,(H,18,19)/b7-6+. The fraction of sp³-hybridized carbons (Fsp3) is 0.400. The average molecular weight is 280 g/mol. The molecule has 0 bridgehead atoms. The zero-order valence-corrected chi connectivity index (χ0v) is 11.9. The molecule has 1 fully saturated rings. The zero-order chi connectivity index (χ0) is 14.0. The van der Waals surface area contributed by atoms with Crippen molar-refractivity contribution in [3.8, 4) is 0 Å². The first kappa shape index (κ1) is 13.9. The van der Waals surface area contributed by atoms with Crippen LogP contribution in [0.2, 0.25) is 5.02 Å². The number of benzene rings is 1. The molecule has 1 saturated heterocycles. The van der Waals surface area contributed by atoms with Crippen LogP contribution in [-0.2, 0) is 4.79 Å². The molecule has 0 radical (unpaired) electrons. The summed E-state index contributed by atoms with van der Waals surface area (Å²) in [5.41, 5.74) is 1.80. The van der Waals surface area contributed by atoms with Gasteiger partial charge in [0.1, 0.15) is 0 Å². The van der Waals surface area contributed by atoms with Gasteiger partial charge in [0.25, 0.3) is 0 Å². The number of carboxylic acid groups (broad SMARTS) is 1. The minimum atomic E-state index is -0.950. The van der Waals surface area contributed by atoms with Gasteiger partial charge in [-0.2, -0.15) is 0 Å². The van der Waals surface area contributed by atoms with Crippen molar-refractivity contribution in [1.29, 1.82) is 0 Å². The summed E-state index contributed by atoms with van der Waals surface area (Å²) in [7, 11) is 0. The van der Waals surface area contributed by atoms with E-state index in [-0.39, 0.29) is 0 Å². The molecule has 1 N–H and O–H groups in total. The van der Waals surface area contributed by atoms with Crippen molar-refractivity contribution in [3.63, 3.8) is 0 Å². The number of halogens is 1. The van der Waals surface area contributed by atoms with Crippen LogP contribution in [0.4, 0.5) is 5.69 Å². The van der Waals surface area contributed by atoms with E-state index in [0.29, 0.717) is 16.9 Å². The molecule has 0 spiro atoms. The molecular weight excluding hydrogens is 262 g/mol. The van der Waals surface area contributed by atoms with Crippen LogP contribution in [-0.4, -0.2) is 24.2 Å². The topological polar surface area (TPSA) is 40.5 Å². The summed E-state index contributed by atoms with van der Waals surface area (Å²) in [5.74, 6) is 0.286. The fourth-order valence-corrected chi connectivity index (χ4v) is 2.77. The van der Waals surface area contributed by atoms with E-state index >= 15 is 0 Å². The number of nitrogens with zero attached hydrogens (tertiary/aromatic N) is 1. The van der Waals surface area contributed by atoms with Crippen LogP contribution < -0.4 is 4.90 Å². The third kappa shape index (κ3) is 3.10. The first-order valence-corrected chi connectivity index (χ1v) is 6.81. The van der Waals surface area contributed by atoms with Crippen molar-refractivity contribution < 1.29 is 9.90 Å². The second kappa shape index (κ2) is 5.66. The van der Waals surface area contributed by atoms with Gasteiger partial charge < -0.3 is 10.0 Å². The fourth-order valence-electron chi connectivity index (χ4n) is 2.47. The van der Waals surface area contributed by atoms with Crippen LogP contribution >= 0.6 is 11.6 Å². The molecular formula is C15H18ClNO2. The molecule has 0 amide bonds. The Hall–Kier alpha value is -1.48. The summed E-state index contributed by atoms with van der Waals surface area (Å²) in [6, 6.07) is 5.59. The number of aliphatic carboxylic acids is 1. The van der Waals surface area contributed by atoms with Crippen LogP contribution in [0.1, 0.15) is 19.4 Å². The quantitative estimate of drug-likeness (QED) is 0.861. The van der Waals surface area contributed by atoms with E-state index in [1.807, 2.05) is 18.2 Å². The van der Waals surface area contributed by atoms with Crippen molar-refractivity contribution in [1.82, 2.24) is 0 Å². The SMILES string of the molecule is CC1CN(c2c(Cl)cccc2/C=C/C(=O)O)CC1C. The molecule has 1 aliphatic heterocycles. The maximum atomic E-state index is 10.7. The minimum Gasteiger partial charge on any atom is -0.478 e. The highest BCUT2D eigenvalue weighted by molar-refractivity contribution is 6.33. The maximum Gasteiger partial charge on any atom is 0.328 e. The molecule has 1 heterocycles. The molecule has 2 atom stereocenters. The number of anilines is 1. The number of hydrogen-bond donors (Lipinski definition) is 1. The average Bonchev–Trinajstić information content (AvgIpc) is 2.66. The molecule has 1 aliphatic rings. The lowest BCUT2D eigenvalue weighted by Crippen LogP contribution is -2.21. The third-order valence-electron chi connectivity index (χ3n) is 3.73. The van der Waals surface area contributed by atoms with Crippen molar-refractivity contribution in [2.24, 2.45) is 11.8 Å². The molecule has 0 aliphatic carbocycles. The third-order valence-corrected chi connectivity index (χ3v) is 4.03. The molecule has 102 valence electrons. The summed E-state index contributed by atoms with van der Waals surface area (Å²) < 4.78 is 0. The predicted octanol–water partition coefficient (Wildman–Crippen LogP) is 3.53. The normalized spacial score (nSPS) is 23.2. The van der Waals surface area contributed by atoms with Crippen LogP contribution in [0.5, 0.6) is 0 Å². The number of para-hydroxylation sites is 1. The summed E-state index contributed by atoms with van der Waals surface area (Å²) >= 11 is 6.30. The van der Waals surface area contributed by atoms with Gasteiger partial charge >= 0.3 is 5.97 Å². The molecule has 19 heavy (non-hydrogen) atoms. The lowest BCUT2D eigenvalue weighted by molar-refractivity contribution is -0.131. The van der Waals surface area contributed by atoms with Crippen LogP contribution in [0.25, 0.3) is 6.08 Å². The van der Waals surface area contributed by atoms with Gasteiger partial charge in [0.15, 0.2) is 0 Å². The Bertz CT molecular complexity index is 503. The van der Waals surface area contributed by atoms with Crippen molar-refractivity contribution in [3.05, 3.63) is 34.9 Å². The number of rotatable bonds is 3. The van der Waals surface area contributed by atoms with E-state index in [2.05, 4.69) is 18.7 Å². The highest BCUT2D eigenvalue weighted by atomic mass is 35.5. The molecule has 0 saturated carbocycles. The van der Waals surface area contributed by atoms with E-state index < -0.39 is 5.97 Å². The molecule has 2 unspecified atom stereocenters. The van der Waals surface area contributed by atoms with E-state index in [0.717, 1.165) is 30.4 Å². The largest absolute Gasteiger partial charge is 0.478 e. The lowest BCUT2D eigenvalue weighted by atomic mass is 10.0. The Morgan fingerprint density at radius 2 is 2.00 bits per heavy atom. The predicted molar refractivity (Wildman–Crippen MR) is 78.7 cm³/mol. The zero-order valence-electron chi connectivity index (χ0n) is 11.1. The molecule has 2 rings (SSSR count). The van der Waals surface area contributed by atoms with Gasteiger partial charge in [-0.15, -0.1) is 0 Å². The summed E-state index contributed by atoms with van der Waals surface area (Å²) in [6.07, 6.45) is 2.76. The van der Waals surface area contributed by atoms with Crippen LogP contribution in [0, 0.1) is 11.8 Å². The number of hydrogen-bond acceptors (Lipinski definition) is 2. The summed E-state index contributed by atoms with van der Waals surface area (Å²) in [5, 5.41) is 9.43. The van der Waals surface area contributed by atoms with Crippen LogP contribution in [0.3, 0.4) is 0 Å². The van der Waals surface area contributed by atoms with Crippen molar-refractivity contribution >= 4 is 29.3 Å². The Labute approximate surface area is 118 Å². The van der Waals surface area contributed by atoms with E-state index in [1.165, 1.54) is 0 Å². The van der Waals surface area contributed by atoms with Gasteiger partial charge in [-0.3, -0.25) is 0 Å². The number of carbonyl (C=O) groups is 1. The molecule has 4 heteroatoms. The highest BCUT2D eigenvalue weighted by Gasteiger charge is 2.28. The van der Waals surface area contributed by atoms with E-state index in [9.17, 15) is 4.79 Å². The first-order chi connectivity index (χ1) is 8.99. The molecule has 0 aromatic heterocycles. The van der Waals surface area contributed by atoms with Gasteiger partial charge in [-0.1, -0.05) is 37.6 Å². The van der Waals surface area contributed by atoms with E-state index in [4.69, 9.17) is 16.7 Å². The minimum absolute atomic E-state index is 0.618. The van der Waals surface area contributed by atoms with Gasteiger partial charge in [-0.05, 0) is 29.5 Å². The van der Waals surface area contributed by atoms with Gasteiger partial charge in [0.05, 0.1) is 10.7 Å². The molecule has 1 aromatic carbocycles. The Balaban J connectivity index is 2.36. The summed E-state index contributed by atoms with van der Waals surface area (Å²) in [6.45, 7) is 6.38. The summed E-state index contributed by atoms with van der Waals surface area (Å²) in [4.78, 5) is 12.9. The Kier molecular flexibility index (Phi) is 4.15.